The predicted octanol–water partition coefficient (Wildman–Crippen LogP) is 3.41. The van der Waals surface area contributed by atoms with Crippen LogP contribution in [0.25, 0.3) is 11.0 Å². The van der Waals surface area contributed by atoms with Gasteiger partial charge in [-0.05, 0) is 32.0 Å². The number of hydrogen-bond donors (Lipinski definition) is 1. The Labute approximate surface area is 90.3 Å². The third kappa shape index (κ3) is 1.90. The van der Waals surface area contributed by atoms with E-state index in [1.165, 1.54) is 10.9 Å². The number of rotatable bonds is 3. The van der Waals surface area contributed by atoms with Gasteiger partial charge in [0.2, 0.25) is 0 Å². The summed E-state index contributed by atoms with van der Waals surface area (Å²) in [7, 11) is 0. The lowest BCUT2D eigenvalue weighted by Gasteiger charge is -2.07. The van der Waals surface area contributed by atoms with Crippen molar-refractivity contribution >= 4 is 11.0 Å². The normalized spacial score (nSPS) is 13.3. The van der Waals surface area contributed by atoms with Crippen molar-refractivity contribution in [1.82, 2.24) is 5.32 Å². The first kappa shape index (κ1) is 10.2. The first-order valence-electron chi connectivity index (χ1n) is 5.44. The molecule has 80 valence electrons. The summed E-state index contributed by atoms with van der Waals surface area (Å²) in [5.74, 6) is 1.01. The molecule has 2 heteroatoms. The van der Waals surface area contributed by atoms with Gasteiger partial charge in [-0.3, -0.25) is 0 Å². The minimum atomic E-state index is 0.279. The van der Waals surface area contributed by atoms with Crippen molar-refractivity contribution < 1.29 is 4.42 Å². The maximum atomic E-state index is 5.85. The molecule has 0 bridgehead atoms. The summed E-state index contributed by atoms with van der Waals surface area (Å²) >= 11 is 0. The highest BCUT2D eigenvalue weighted by Gasteiger charge is 2.10. The van der Waals surface area contributed by atoms with Crippen LogP contribution in [0.15, 0.2) is 28.7 Å². The van der Waals surface area contributed by atoms with E-state index in [0.717, 1.165) is 17.9 Å². The number of furan rings is 1. The molecule has 15 heavy (non-hydrogen) atoms. The van der Waals surface area contributed by atoms with E-state index in [1.54, 1.807) is 0 Å². The smallest absolute Gasteiger partial charge is 0.137 e. The summed E-state index contributed by atoms with van der Waals surface area (Å²) in [6, 6.07) is 8.63. The van der Waals surface area contributed by atoms with E-state index in [0.29, 0.717) is 0 Å². The lowest BCUT2D eigenvalue weighted by atomic mass is 10.1. The van der Waals surface area contributed by atoms with Crippen LogP contribution in [0.3, 0.4) is 0 Å². The molecule has 2 nitrogen and oxygen atoms in total. The molecule has 2 aromatic rings. The lowest BCUT2D eigenvalue weighted by Crippen LogP contribution is -2.16. The summed E-state index contributed by atoms with van der Waals surface area (Å²) in [5, 5.41) is 4.54. The summed E-state index contributed by atoms with van der Waals surface area (Å²) in [5.41, 5.74) is 2.21. The Balaban J connectivity index is 2.43. The van der Waals surface area contributed by atoms with Gasteiger partial charge in [-0.25, -0.2) is 0 Å². The van der Waals surface area contributed by atoms with E-state index in [9.17, 15) is 0 Å². The van der Waals surface area contributed by atoms with Gasteiger partial charge in [-0.1, -0.05) is 25.1 Å². The van der Waals surface area contributed by atoms with Gasteiger partial charge in [0.1, 0.15) is 11.3 Å². The fraction of sp³-hybridized carbons (Fsp3) is 0.385. The molecule has 0 fully saturated rings. The largest absolute Gasteiger partial charge is 0.459 e. The molecule has 1 unspecified atom stereocenters. The third-order valence-electron chi connectivity index (χ3n) is 2.70. The number of aryl methyl sites for hydroxylation is 1. The zero-order valence-corrected chi connectivity index (χ0v) is 9.50. The Morgan fingerprint density at radius 2 is 2.20 bits per heavy atom. The van der Waals surface area contributed by atoms with Crippen molar-refractivity contribution in [2.45, 2.75) is 26.8 Å². The average molecular weight is 203 g/mol. The summed E-state index contributed by atoms with van der Waals surface area (Å²) in [6.07, 6.45) is 0. The Morgan fingerprint density at radius 1 is 1.40 bits per heavy atom. The third-order valence-corrected chi connectivity index (χ3v) is 2.70. The van der Waals surface area contributed by atoms with Crippen molar-refractivity contribution in [3.8, 4) is 0 Å². The van der Waals surface area contributed by atoms with Crippen LogP contribution < -0.4 is 5.32 Å². The summed E-state index contributed by atoms with van der Waals surface area (Å²) < 4.78 is 5.85. The van der Waals surface area contributed by atoms with Gasteiger partial charge in [0.15, 0.2) is 0 Å². The van der Waals surface area contributed by atoms with E-state index in [1.807, 2.05) is 0 Å². The summed E-state index contributed by atoms with van der Waals surface area (Å²) in [6.45, 7) is 7.26. The first-order chi connectivity index (χ1) is 7.22. The molecule has 0 saturated carbocycles. The molecule has 1 aromatic carbocycles. The Morgan fingerprint density at radius 3 is 2.87 bits per heavy atom. The van der Waals surface area contributed by atoms with Crippen molar-refractivity contribution in [2.75, 3.05) is 6.54 Å². The molecule has 2 rings (SSSR count). The van der Waals surface area contributed by atoms with Gasteiger partial charge >= 0.3 is 0 Å². The minimum absolute atomic E-state index is 0.279. The van der Waals surface area contributed by atoms with E-state index in [4.69, 9.17) is 4.42 Å². The van der Waals surface area contributed by atoms with E-state index < -0.39 is 0 Å². The van der Waals surface area contributed by atoms with Crippen molar-refractivity contribution in [3.63, 3.8) is 0 Å². The quantitative estimate of drug-likeness (QED) is 0.827. The van der Waals surface area contributed by atoms with Gasteiger partial charge in [-0.15, -0.1) is 0 Å². The molecule has 1 N–H and O–H groups in total. The van der Waals surface area contributed by atoms with Crippen LogP contribution in [0.4, 0.5) is 0 Å². The second kappa shape index (κ2) is 4.07. The molecule has 0 amide bonds. The average Bonchev–Trinajstić information content (AvgIpc) is 2.63. The monoisotopic (exact) mass is 203 g/mol. The van der Waals surface area contributed by atoms with Crippen LogP contribution in [0, 0.1) is 6.92 Å². The maximum absolute atomic E-state index is 5.85. The fourth-order valence-corrected chi connectivity index (χ4v) is 1.85. The van der Waals surface area contributed by atoms with Crippen LogP contribution in [0.5, 0.6) is 0 Å². The van der Waals surface area contributed by atoms with Crippen molar-refractivity contribution in [1.29, 1.82) is 0 Å². The molecular weight excluding hydrogens is 186 g/mol. The van der Waals surface area contributed by atoms with Crippen LogP contribution in [-0.4, -0.2) is 6.54 Å². The fourth-order valence-electron chi connectivity index (χ4n) is 1.85. The number of hydrogen-bond acceptors (Lipinski definition) is 2. The molecule has 1 atom stereocenters. The molecule has 0 aliphatic carbocycles. The number of benzene rings is 1. The molecule has 0 saturated heterocycles. The Kier molecular flexibility index (Phi) is 2.78. The van der Waals surface area contributed by atoms with E-state index in [-0.39, 0.29) is 6.04 Å². The predicted molar refractivity (Wildman–Crippen MR) is 63.0 cm³/mol. The second-order valence-electron chi connectivity index (χ2n) is 3.92. The molecule has 0 spiro atoms. The van der Waals surface area contributed by atoms with Gasteiger partial charge in [0, 0.05) is 5.39 Å². The topological polar surface area (TPSA) is 25.2 Å². The minimum Gasteiger partial charge on any atom is -0.459 e. The Hall–Kier alpha value is -1.28. The molecule has 0 radical (unpaired) electrons. The lowest BCUT2D eigenvalue weighted by molar-refractivity contribution is 0.458. The SMILES string of the molecule is CCNC(C)c1cc2cccc(C)c2o1. The van der Waals surface area contributed by atoms with Gasteiger partial charge in [-0.2, -0.15) is 0 Å². The molecule has 0 aliphatic rings. The molecule has 0 aliphatic heterocycles. The molecule has 1 aromatic heterocycles. The van der Waals surface area contributed by atoms with Crippen LogP contribution >= 0.6 is 0 Å². The first-order valence-corrected chi connectivity index (χ1v) is 5.44. The number of para-hydroxylation sites is 1. The van der Waals surface area contributed by atoms with Crippen LogP contribution in [-0.2, 0) is 0 Å². The standard InChI is InChI=1S/C13H17NO/c1-4-14-10(3)12-8-11-7-5-6-9(2)13(11)15-12/h5-8,10,14H,4H2,1-3H3. The van der Waals surface area contributed by atoms with Crippen molar-refractivity contribution in [2.24, 2.45) is 0 Å². The van der Waals surface area contributed by atoms with Crippen LogP contribution in [0.1, 0.15) is 31.2 Å². The Bertz CT molecular complexity index is 459. The van der Waals surface area contributed by atoms with Crippen molar-refractivity contribution in [3.05, 3.63) is 35.6 Å². The van der Waals surface area contributed by atoms with Gasteiger partial charge < -0.3 is 9.73 Å². The van der Waals surface area contributed by atoms with E-state index in [2.05, 4.69) is 50.4 Å². The summed E-state index contributed by atoms with van der Waals surface area (Å²) in [4.78, 5) is 0. The highest BCUT2D eigenvalue weighted by atomic mass is 16.3. The van der Waals surface area contributed by atoms with E-state index >= 15 is 0 Å². The van der Waals surface area contributed by atoms with Gasteiger partial charge in [0.05, 0.1) is 6.04 Å². The maximum Gasteiger partial charge on any atom is 0.137 e. The number of nitrogens with one attached hydrogen (secondary N) is 1. The van der Waals surface area contributed by atoms with Gasteiger partial charge in [0.25, 0.3) is 0 Å². The zero-order valence-electron chi connectivity index (χ0n) is 9.50. The second-order valence-corrected chi connectivity index (χ2v) is 3.92. The highest BCUT2D eigenvalue weighted by Crippen LogP contribution is 2.25. The molecular formula is C13H17NO. The molecule has 1 heterocycles. The van der Waals surface area contributed by atoms with Crippen LogP contribution in [0.2, 0.25) is 0 Å². The highest BCUT2D eigenvalue weighted by molar-refractivity contribution is 5.80. The zero-order chi connectivity index (χ0) is 10.8. The number of fused-ring (bicyclic) bond motifs is 1.